The standard InChI is InChI=1S/C15H18N2O2/c1-11(2)8-9-17-14(12-6-4-3-5-7-12)13(10-16-17)15(18)19/h3-7,10-11H,8-9H2,1-2H3,(H,18,19). The molecule has 1 aromatic heterocycles. The van der Waals surface area contributed by atoms with E-state index >= 15 is 0 Å². The van der Waals surface area contributed by atoms with Crippen LogP contribution < -0.4 is 0 Å². The molecule has 0 unspecified atom stereocenters. The molecular formula is C15H18N2O2. The number of rotatable bonds is 5. The SMILES string of the molecule is CC(C)CCn1ncc(C(=O)O)c1-c1ccccc1. The molecule has 0 aliphatic rings. The van der Waals surface area contributed by atoms with Crippen molar-refractivity contribution < 1.29 is 9.90 Å². The second-order valence-corrected chi connectivity index (χ2v) is 4.98. The van der Waals surface area contributed by atoms with Crippen LogP contribution in [0, 0.1) is 5.92 Å². The Labute approximate surface area is 112 Å². The molecule has 0 atom stereocenters. The van der Waals surface area contributed by atoms with Crippen molar-refractivity contribution in [1.82, 2.24) is 9.78 Å². The lowest BCUT2D eigenvalue weighted by Crippen LogP contribution is -2.07. The Morgan fingerprint density at radius 1 is 1.32 bits per heavy atom. The first kappa shape index (κ1) is 13.3. The van der Waals surface area contributed by atoms with E-state index in [0.29, 0.717) is 11.6 Å². The molecular weight excluding hydrogens is 240 g/mol. The molecule has 0 fully saturated rings. The number of carboxylic acids is 1. The van der Waals surface area contributed by atoms with Crippen LogP contribution in [0.25, 0.3) is 11.3 Å². The Morgan fingerprint density at radius 2 is 2.00 bits per heavy atom. The fraction of sp³-hybridized carbons (Fsp3) is 0.333. The average molecular weight is 258 g/mol. The summed E-state index contributed by atoms with van der Waals surface area (Å²) in [7, 11) is 0. The topological polar surface area (TPSA) is 55.1 Å². The van der Waals surface area contributed by atoms with Gasteiger partial charge in [0.25, 0.3) is 0 Å². The molecule has 0 aliphatic heterocycles. The fourth-order valence-corrected chi connectivity index (χ4v) is 1.99. The number of nitrogens with zero attached hydrogens (tertiary/aromatic N) is 2. The summed E-state index contributed by atoms with van der Waals surface area (Å²) in [5.41, 5.74) is 1.84. The zero-order valence-electron chi connectivity index (χ0n) is 11.2. The Bertz CT molecular complexity index is 559. The van der Waals surface area contributed by atoms with Gasteiger partial charge in [0.2, 0.25) is 0 Å². The zero-order valence-corrected chi connectivity index (χ0v) is 11.2. The number of hydrogen-bond acceptors (Lipinski definition) is 2. The number of hydrogen-bond donors (Lipinski definition) is 1. The van der Waals surface area contributed by atoms with Gasteiger partial charge in [-0.05, 0) is 12.3 Å². The van der Waals surface area contributed by atoms with Crippen molar-refractivity contribution in [3.63, 3.8) is 0 Å². The van der Waals surface area contributed by atoms with Crippen LogP contribution in [0.2, 0.25) is 0 Å². The predicted octanol–water partition coefficient (Wildman–Crippen LogP) is 3.29. The van der Waals surface area contributed by atoms with Gasteiger partial charge in [-0.2, -0.15) is 5.10 Å². The van der Waals surface area contributed by atoms with Crippen LogP contribution in [0.3, 0.4) is 0 Å². The third-order valence-corrected chi connectivity index (χ3v) is 3.04. The van der Waals surface area contributed by atoms with Crippen LogP contribution in [0.4, 0.5) is 0 Å². The van der Waals surface area contributed by atoms with Crippen molar-refractivity contribution in [2.24, 2.45) is 5.92 Å². The van der Waals surface area contributed by atoms with Gasteiger partial charge in [-0.1, -0.05) is 44.2 Å². The molecule has 2 rings (SSSR count). The highest BCUT2D eigenvalue weighted by Gasteiger charge is 2.18. The van der Waals surface area contributed by atoms with E-state index in [4.69, 9.17) is 0 Å². The van der Waals surface area contributed by atoms with Crippen molar-refractivity contribution in [2.45, 2.75) is 26.8 Å². The summed E-state index contributed by atoms with van der Waals surface area (Å²) in [6.07, 6.45) is 2.41. The summed E-state index contributed by atoms with van der Waals surface area (Å²) in [6, 6.07) is 9.55. The molecule has 0 aliphatic carbocycles. The number of carbonyl (C=O) groups is 1. The smallest absolute Gasteiger partial charge is 0.339 e. The minimum atomic E-state index is -0.936. The monoisotopic (exact) mass is 258 g/mol. The molecule has 0 radical (unpaired) electrons. The number of aryl methyl sites for hydroxylation is 1. The molecule has 4 nitrogen and oxygen atoms in total. The summed E-state index contributed by atoms with van der Waals surface area (Å²) >= 11 is 0. The molecule has 19 heavy (non-hydrogen) atoms. The minimum absolute atomic E-state index is 0.259. The van der Waals surface area contributed by atoms with Crippen LogP contribution in [-0.4, -0.2) is 20.9 Å². The van der Waals surface area contributed by atoms with Gasteiger partial charge < -0.3 is 5.11 Å². The molecule has 0 spiro atoms. The van der Waals surface area contributed by atoms with Gasteiger partial charge in [0.05, 0.1) is 11.9 Å². The summed E-state index contributed by atoms with van der Waals surface area (Å²) in [5, 5.41) is 13.5. The number of aromatic carboxylic acids is 1. The highest BCUT2D eigenvalue weighted by molar-refractivity contribution is 5.94. The molecule has 0 bridgehead atoms. The normalized spacial score (nSPS) is 10.9. The van der Waals surface area contributed by atoms with Gasteiger partial charge >= 0.3 is 5.97 Å². The minimum Gasteiger partial charge on any atom is -0.478 e. The summed E-state index contributed by atoms with van der Waals surface area (Å²) in [6.45, 7) is 5.02. The number of aromatic nitrogens is 2. The highest BCUT2D eigenvalue weighted by atomic mass is 16.4. The molecule has 0 saturated heterocycles. The first-order valence-electron chi connectivity index (χ1n) is 6.44. The molecule has 1 heterocycles. The van der Waals surface area contributed by atoms with Crippen LogP contribution in [0.5, 0.6) is 0 Å². The molecule has 1 aromatic carbocycles. The predicted molar refractivity (Wildman–Crippen MR) is 74.1 cm³/mol. The largest absolute Gasteiger partial charge is 0.478 e. The van der Waals surface area contributed by atoms with E-state index in [1.165, 1.54) is 6.20 Å². The van der Waals surface area contributed by atoms with E-state index in [1.54, 1.807) is 4.68 Å². The third-order valence-electron chi connectivity index (χ3n) is 3.04. The van der Waals surface area contributed by atoms with E-state index in [0.717, 1.165) is 18.5 Å². The lowest BCUT2D eigenvalue weighted by Gasteiger charge is -2.10. The van der Waals surface area contributed by atoms with Crippen molar-refractivity contribution >= 4 is 5.97 Å². The number of carboxylic acid groups (broad SMARTS) is 1. The third kappa shape index (κ3) is 3.02. The summed E-state index contributed by atoms with van der Waals surface area (Å²) in [4.78, 5) is 11.3. The lowest BCUT2D eigenvalue weighted by molar-refractivity contribution is 0.0697. The molecule has 2 aromatic rings. The van der Waals surface area contributed by atoms with Gasteiger partial charge in [-0.3, -0.25) is 4.68 Å². The van der Waals surface area contributed by atoms with E-state index in [-0.39, 0.29) is 5.56 Å². The van der Waals surface area contributed by atoms with E-state index in [1.807, 2.05) is 30.3 Å². The zero-order chi connectivity index (χ0) is 13.8. The van der Waals surface area contributed by atoms with Gasteiger partial charge in [0.1, 0.15) is 5.56 Å². The van der Waals surface area contributed by atoms with E-state index < -0.39 is 5.97 Å². The maximum atomic E-state index is 11.3. The van der Waals surface area contributed by atoms with Crippen molar-refractivity contribution in [2.75, 3.05) is 0 Å². The number of benzene rings is 1. The molecule has 0 amide bonds. The molecule has 1 N–H and O–H groups in total. The van der Waals surface area contributed by atoms with Gasteiger partial charge in [0.15, 0.2) is 0 Å². The van der Waals surface area contributed by atoms with Crippen LogP contribution in [-0.2, 0) is 6.54 Å². The Kier molecular flexibility index (Phi) is 4.00. The second kappa shape index (κ2) is 5.69. The quantitative estimate of drug-likeness (QED) is 0.895. The van der Waals surface area contributed by atoms with Crippen LogP contribution >= 0.6 is 0 Å². The molecule has 100 valence electrons. The van der Waals surface area contributed by atoms with E-state index in [2.05, 4.69) is 18.9 Å². The molecule has 0 saturated carbocycles. The van der Waals surface area contributed by atoms with Gasteiger partial charge in [-0.15, -0.1) is 0 Å². The van der Waals surface area contributed by atoms with Gasteiger partial charge in [0, 0.05) is 12.1 Å². The first-order valence-corrected chi connectivity index (χ1v) is 6.44. The second-order valence-electron chi connectivity index (χ2n) is 4.98. The van der Waals surface area contributed by atoms with Crippen molar-refractivity contribution in [3.8, 4) is 11.3 Å². The average Bonchev–Trinajstić information content (AvgIpc) is 2.81. The van der Waals surface area contributed by atoms with Crippen LogP contribution in [0.15, 0.2) is 36.5 Å². The van der Waals surface area contributed by atoms with Gasteiger partial charge in [-0.25, -0.2) is 4.79 Å². The summed E-state index contributed by atoms with van der Waals surface area (Å²) in [5.74, 6) is -0.379. The van der Waals surface area contributed by atoms with Crippen LogP contribution in [0.1, 0.15) is 30.6 Å². The fourth-order valence-electron chi connectivity index (χ4n) is 1.99. The molecule has 4 heteroatoms. The first-order chi connectivity index (χ1) is 9.09. The Balaban J connectivity index is 2.42. The lowest BCUT2D eigenvalue weighted by atomic mass is 10.1. The summed E-state index contributed by atoms with van der Waals surface area (Å²) < 4.78 is 1.79. The maximum Gasteiger partial charge on any atom is 0.339 e. The van der Waals surface area contributed by atoms with Crippen molar-refractivity contribution in [3.05, 3.63) is 42.1 Å². The Hall–Kier alpha value is -2.10. The highest BCUT2D eigenvalue weighted by Crippen LogP contribution is 2.24. The van der Waals surface area contributed by atoms with Crippen molar-refractivity contribution in [1.29, 1.82) is 0 Å². The van der Waals surface area contributed by atoms with E-state index in [9.17, 15) is 9.90 Å². The maximum absolute atomic E-state index is 11.3. The Morgan fingerprint density at radius 3 is 2.58 bits per heavy atom.